The molecule has 1 aromatic heterocycles. The van der Waals surface area contributed by atoms with Crippen LogP contribution in [0.4, 0.5) is 14.9 Å². The van der Waals surface area contributed by atoms with Crippen LogP contribution in [0.25, 0.3) is 11.8 Å². The maximum Gasteiger partial charge on any atom is 0.294 e. The number of aromatic nitrogens is 1. The highest BCUT2D eigenvalue weighted by atomic mass is 32.2. The molecule has 0 aliphatic carbocycles. The van der Waals surface area contributed by atoms with Crippen LogP contribution in [0.15, 0.2) is 59.5 Å². The van der Waals surface area contributed by atoms with Crippen molar-refractivity contribution < 1.29 is 23.5 Å². The molecule has 9 heteroatoms. The smallest absolute Gasteiger partial charge is 0.294 e. The second-order valence-electron chi connectivity index (χ2n) is 7.66. The Morgan fingerprint density at radius 1 is 1.12 bits per heavy atom. The van der Waals surface area contributed by atoms with Gasteiger partial charge < -0.3 is 14.6 Å². The van der Waals surface area contributed by atoms with Gasteiger partial charge >= 0.3 is 0 Å². The molecule has 0 atom stereocenters. The zero-order valence-corrected chi connectivity index (χ0v) is 19.6. The number of imide groups is 1. The van der Waals surface area contributed by atoms with E-state index >= 15 is 0 Å². The van der Waals surface area contributed by atoms with E-state index in [4.69, 9.17) is 4.74 Å². The first-order chi connectivity index (χ1) is 16.3. The number of hydrogen-bond acceptors (Lipinski definition) is 5. The Morgan fingerprint density at radius 2 is 1.82 bits per heavy atom. The molecular formula is C25H22FN3O4S. The summed E-state index contributed by atoms with van der Waals surface area (Å²) in [6.45, 7) is 3.38. The number of amides is 3. The predicted octanol–water partition coefficient (Wildman–Crippen LogP) is 4.92. The summed E-state index contributed by atoms with van der Waals surface area (Å²) in [6.07, 6.45) is 1.65. The van der Waals surface area contributed by atoms with Crippen LogP contribution in [0.5, 0.6) is 5.75 Å². The SMILES string of the molecule is COc1ccc(-n2c(C)cc(/C=C3\SC(=O)N(CC(=O)Nc4ccccc4F)C3=O)c2C)cc1. The summed E-state index contributed by atoms with van der Waals surface area (Å²) in [6, 6.07) is 15.2. The van der Waals surface area contributed by atoms with Crippen LogP contribution in [0.2, 0.25) is 0 Å². The molecule has 0 radical (unpaired) electrons. The highest BCUT2D eigenvalue weighted by molar-refractivity contribution is 8.18. The van der Waals surface area contributed by atoms with Gasteiger partial charge in [-0.1, -0.05) is 12.1 Å². The van der Waals surface area contributed by atoms with Crippen molar-refractivity contribution in [2.75, 3.05) is 19.0 Å². The van der Waals surface area contributed by atoms with E-state index in [1.807, 2.05) is 48.7 Å². The van der Waals surface area contributed by atoms with Gasteiger partial charge in [0.1, 0.15) is 18.1 Å². The van der Waals surface area contributed by atoms with E-state index in [2.05, 4.69) is 5.32 Å². The van der Waals surface area contributed by atoms with Gasteiger partial charge in [-0.15, -0.1) is 0 Å². The molecule has 3 amide bonds. The minimum absolute atomic E-state index is 0.0130. The number of carbonyl (C=O) groups excluding carboxylic acids is 3. The van der Waals surface area contributed by atoms with Crippen LogP contribution in [-0.2, 0) is 9.59 Å². The number of anilines is 1. The van der Waals surface area contributed by atoms with Crippen LogP contribution < -0.4 is 10.1 Å². The van der Waals surface area contributed by atoms with E-state index in [-0.39, 0.29) is 10.6 Å². The predicted molar refractivity (Wildman–Crippen MR) is 130 cm³/mol. The van der Waals surface area contributed by atoms with Crippen molar-refractivity contribution in [1.82, 2.24) is 9.47 Å². The van der Waals surface area contributed by atoms with Gasteiger partial charge in [0.2, 0.25) is 5.91 Å². The molecular weight excluding hydrogens is 457 g/mol. The number of rotatable bonds is 6. The van der Waals surface area contributed by atoms with E-state index in [9.17, 15) is 18.8 Å². The maximum atomic E-state index is 13.8. The number of aryl methyl sites for hydroxylation is 1. The molecule has 2 aromatic carbocycles. The Balaban J connectivity index is 1.53. The molecule has 1 fully saturated rings. The fourth-order valence-electron chi connectivity index (χ4n) is 3.74. The van der Waals surface area contributed by atoms with E-state index in [0.717, 1.165) is 45.1 Å². The number of carbonyl (C=O) groups is 3. The number of nitrogens with zero attached hydrogens (tertiary/aromatic N) is 2. The molecule has 0 spiro atoms. The molecule has 1 N–H and O–H groups in total. The van der Waals surface area contributed by atoms with Gasteiger partial charge in [0.05, 0.1) is 17.7 Å². The third kappa shape index (κ3) is 4.60. The molecule has 1 saturated heterocycles. The molecule has 1 aliphatic heterocycles. The Bertz CT molecular complexity index is 1310. The second-order valence-corrected chi connectivity index (χ2v) is 8.65. The number of thioether (sulfide) groups is 1. The van der Waals surface area contributed by atoms with Crippen LogP contribution in [0, 0.1) is 19.7 Å². The molecule has 174 valence electrons. The number of ether oxygens (including phenoxy) is 1. The van der Waals surface area contributed by atoms with Gasteiger partial charge in [-0.05, 0) is 79.7 Å². The van der Waals surface area contributed by atoms with E-state index in [1.54, 1.807) is 19.3 Å². The zero-order chi connectivity index (χ0) is 24.4. The van der Waals surface area contributed by atoms with Crippen molar-refractivity contribution in [3.63, 3.8) is 0 Å². The van der Waals surface area contributed by atoms with Crippen LogP contribution in [-0.4, -0.2) is 40.2 Å². The van der Waals surface area contributed by atoms with E-state index in [1.165, 1.54) is 18.2 Å². The first-order valence-corrected chi connectivity index (χ1v) is 11.2. The van der Waals surface area contributed by atoms with Gasteiger partial charge in [0, 0.05) is 17.1 Å². The molecule has 4 rings (SSSR count). The van der Waals surface area contributed by atoms with E-state index in [0.29, 0.717) is 0 Å². The van der Waals surface area contributed by atoms with E-state index < -0.39 is 29.4 Å². The normalized spacial score (nSPS) is 14.7. The van der Waals surface area contributed by atoms with Gasteiger partial charge in [-0.25, -0.2) is 4.39 Å². The van der Waals surface area contributed by atoms with Crippen LogP contribution in [0.1, 0.15) is 17.0 Å². The quantitative estimate of drug-likeness (QED) is 0.508. The Kier molecular flexibility index (Phi) is 6.56. The fraction of sp³-hybridized carbons (Fsp3) is 0.160. The third-order valence-electron chi connectivity index (χ3n) is 5.41. The van der Waals surface area contributed by atoms with Gasteiger partial charge in [-0.2, -0.15) is 0 Å². The number of para-hydroxylation sites is 1. The van der Waals surface area contributed by atoms with Crippen molar-refractivity contribution in [3.05, 3.63) is 82.3 Å². The number of hydrogen-bond donors (Lipinski definition) is 1. The Labute approximate surface area is 200 Å². The molecule has 1 aliphatic rings. The minimum atomic E-state index is -0.661. The summed E-state index contributed by atoms with van der Waals surface area (Å²) in [5.74, 6) is -1.07. The van der Waals surface area contributed by atoms with Crippen molar-refractivity contribution in [2.24, 2.45) is 0 Å². The van der Waals surface area contributed by atoms with Gasteiger partial charge in [-0.3, -0.25) is 19.3 Å². The molecule has 0 unspecified atom stereocenters. The summed E-state index contributed by atoms with van der Waals surface area (Å²) >= 11 is 0.771. The summed E-state index contributed by atoms with van der Waals surface area (Å²) in [5.41, 5.74) is 3.56. The molecule has 0 bridgehead atoms. The average molecular weight is 480 g/mol. The highest BCUT2D eigenvalue weighted by Crippen LogP contribution is 2.34. The number of benzene rings is 2. The fourth-order valence-corrected chi connectivity index (χ4v) is 4.56. The van der Waals surface area contributed by atoms with Crippen molar-refractivity contribution in [2.45, 2.75) is 13.8 Å². The summed E-state index contributed by atoms with van der Waals surface area (Å²) in [7, 11) is 1.61. The molecule has 3 aromatic rings. The Morgan fingerprint density at radius 3 is 2.50 bits per heavy atom. The molecule has 0 saturated carbocycles. The van der Waals surface area contributed by atoms with Crippen molar-refractivity contribution in [1.29, 1.82) is 0 Å². The highest BCUT2D eigenvalue weighted by Gasteiger charge is 2.36. The van der Waals surface area contributed by atoms with Crippen LogP contribution in [0.3, 0.4) is 0 Å². The standard InChI is InChI=1S/C25H22FN3O4S/c1-15-12-17(16(2)29(15)18-8-10-19(33-3)11-9-18)13-22-24(31)28(25(32)34-22)14-23(30)27-21-7-5-4-6-20(21)26/h4-13H,14H2,1-3H3,(H,27,30)/b22-13-. The summed E-state index contributed by atoms with van der Waals surface area (Å²) < 4.78 is 21.0. The van der Waals surface area contributed by atoms with Gasteiger partial charge in [0.15, 0.2) is 0 Å². The lowest BCUT2D eigenvalue weighted by atomic mass is 10.2. The average Bonchev–Trinajstić information content (AvgIpc) is 3.24. The first kappa shape index (κ1) is 23.3. The molecule has 34 heavy (non-hydrogen) atoms. The zero-order valence-electron chi connectivity index (χ0n) is 18.8. The second kappa shape index (κ2) is 9.56. The van der Waals surface area contributed by atoms with Gasteiger partial charge in [0.25, 0.3) is 11.1 Å². The largest absolute Gasteiger partial charge is 0.497 e. The number of methoxy groups -OCH3 is 1. The lowest BCUT2D eigenvalue weighted by Crippen LogP contribution is -2.36. The minimum Gasteiger partial charge on any atom is -0.497 e. The lowest BCUT2D eigenvalue weighted by molar-refractivity contribution is -0.127. The topological polar surface area (TPSA) is 80.6 Å². The molecule has 2 heterocycles. The number of nitrogens with one attached hydrogen (secondary N) is 1. The maximum absolute atomic E-state index is 13.8. The first-order valence-electron chi connectivity index (χ1n) is 10.4. The number of halogens is 1. The third-order valence-corrected chi connectivity index (χ3v) is 6.32. The monoisotopic (exact) mass is 479 g/mol. The van der Waals surface area contributed by atoms with Crippen LogP contribution >= 0.6 is 11.8 Å². The summed E-state index contributed by atoms with van der Waals surface area (Å²) in [5, 5.41) is 1.84. The Hall–Kier alpha value is -3.85. The lowest BCUT2D eigenvalue weighted by Gasteiger charge is -2.12. The van der Waals surface area contributed by atoms with Crippen molar-refractivity contribution >= 4 is 40.6 Å². The summed E-state index contributed by atoms with van der Waals surface area (Å²) in [4.78, 5) is 38.7. The van der Waals surface area contributed by atoms with Crippen molar-refractivity contribution in [3.8, 4) is 11.4 Å². The molecule has 7 nitrogen and oxygen atoms in total.